The molecule has 3 aromatic rings. The fourth-order valence-electron chi connectivity index (χ4n) is 2.69. The standard InChI is InChI=1S/C19H21F2N3O4S/c1-12-16(22-7-6-17(12)27-9-3-8-26-2)11-29(25)19-23-14-5-4-13(28-18(20)21)10-15(14)24-19/h4-7,10,18H,3,8-9,11H2,1-2H3,(H,23,24). The van der Waals surface area contributed by atoms with E-state index in [4.69, 9.17) is 9.47 Å². The van der Waals surface area contributed by atoms with Gasteiger partial charge in [0.15, 0.2) is 5.16 Å². The van der Waals surface area contributed by atoms with E-state index in [0.29, 0.717) is 35.7 Å². The van der Waals surface area contributed by atoms with Crippen molar-refractivity contribution in [2.24, 2.45) is 0 Å². The van der Waals surface area contributed by atoms with Gasteiger partial charge in [0.05, 0.1) is 39.9 Å². The van der Waals surface area contributed by atoms with Gasteiger partial charge in [-0.25, -0.2) is 4.98 Å². The number of methoxy groups -OCH3 is 1. The van der Waals surface area contributed by atoms with E-state index >= 15 is 0 Å². The van der Waals surface area contributed by atoms with Crippen molar-refractivity contribution in [3.05, 3.63) is 41.7 Å². The predicted octanol–water partition coefficient (Wildman–Crippen LogP) is 3.59. The Bertz CT molecular complexity index is 997. The van der Waals surface area contributed by atoms with Gasteiger partial charge in [0, 0.05) is 38.0 Å². The monoisotopic (exact) mass is 425 g/mol. The Kier molecular flexibility index (Phi) is 7.10. The van der Waals surface area contributed by atoms with Crippen molar-refractivity contribution in [2.75, 3.05) is 20.3 Å². The number of nitrogens with one attached hydrogen (secondary N) is 1. The number of hydrogen-bond donors (Lipinski definition) is 1. The van der Waals surface area contributed by atoms with Gasteiger partial charge < -0.3 is 19.2 Å². The van der Waals surface area contributed by atoms with E-state index in [0.717, 1.165) is 12.0 Å². The van der Waals surface area contributed by atoms with E-state index in [9.17, 15) is 13.0 Å². The van der Waals surface area contributed by atoms with Crippen molar-refractivity contribution in [1.82, 2.24) is 15.0 Å². The summed E-state index contributed by atoms with van der Waals surface area (Å²) in [5.74, 6) is 0.826. The lowest BCUT2D eigenvalue weighted by atomic mass is 10.2. The second-order valence-corrected chi connectivity index (χ2v) is 7.53. The summed E-state index contributed by atoms with van der Waals surface area (Å²) in [4.78, 5) is 11.5. The number of alkyl halides is 2. The lowest BCUT2D eigenvalue weighted by Gasteiger charge is -2.11. The van der Waals surface area contributed by atoms with Crippen molar-refractivity contribution in [1.29, 1.82) is 0 Å². The first kappa shape index (κ1) is 21.1. The van der Waals surface area contributed by atoms with Crippen LogP contribution in [0.3, 0.4) is 0 Å². The number of aromatic amines is 1. The molecule has 0 fully saturated rings. The van der Waals surface area contributed by atoms with Crippen LogP contribution in [0.15, 0.2) is 35.6 Å². The molecule has 156 valence electrons. The fraction of sp³-hybridized carbons (Fsp3) is 0.368. The molecule has 1 atom stereocenters. The highest BCUT2D eigenvalue weighted by molar-refractivity contribution is 7.84. The Labute approximate surface area is 168 Å². The molecule has 1 unspecified atom stereocenters. The minimum Gasteiger partial charge on any atom is -0.493 e. The number of ether oxygens (including phenoxy) is 3. The van der Waals surface area contributed by atoms with Gasteiger partial charge >= 0.3 is 6.61 Å². The average molecular weight is 425 g/mol. The van der Waals surface area contributed by atoms with Crippen molar-refractivity contribution in [3.8, 4) is 11.5 Å². The normalized spacial score (nSPS) is 12.4. The second-order valence-electron chi connectivity index (χ2n) is 6.16. The number of pyridine rings is 1. The summed E-state index contributed by atoms with van der Waals surface area (Å²) in [5.41, 5.74) is 2.41. The zero-order chi connectivity index (χ0) is 20.8. The zero-order valence-corrected chi connectivity index (χ0v) is 16.8. The molecule has 0 radical (unpaired) electrons. The minimum atomic E-state index is -2.91. The Morgan fingerprint density at radius 1 is 1.24 bits per heavy atom. The number of aromatic nitrogens is 3. The molecule has 0 bridgehead atoms. The Morgan fingerprint density at radius 2 is 2.07 bits per heavy atom. The second kappa shape index (κ2) is 9.75. The summed E-state index contributed by atoms with van der Waals surface area (Å²) in [7, 11) is 0.129. The van der Waals surface area contributed by atoms with Crippen LogP contribution in [0.4, 0.5) is 8.78 Å². The number of imidazole rings is 1. The van der Waals surface area contributed by atoms with Crippen LogP contribution >= 0.6 is 0 Å². The van der Waals surface area contributed by atoms with Crippen molar-refractivity contribution >= 4 is 21.8 Å². The van der Waals surface area contributed by atoms with Gasteiger partial charge in [0.25, 0.3) is 0 Å². The van der Waals surface area contributed by atoms with Gasteiger partial charge in [-0.05, 0) is 25.1 Å². The fourth-order valence-corrected chi connectivity index (χ4v) is 3.79. The van der Waals surface area contributed by atoms with E-state index in [1.807, 2.05) is 6.92 Å². The van der Waals surface area contributed by atoms with Gasteiger partial charge in [-0.2, -0.15) is 8.78 Å². The maximum Gasteiger partial charge on any atom is 0.387 e. The first-order chi connectivity index (χ1) is 14.0. The largest absolute Gasteiger partial charge is 0.493 e. The minimum absolute atomic E-state index is 0.00400. The summed E-state index contributed by atoms with van der Waals surface area (Å²) in [6, 6.07) is 6.08. The molecule has 0 aliphatic rings. The van der Waals surface area contributed by atoms with Crippen molar-refractivity contribution in [2.45, 2.75) is 30.9 Å². The Hall–Kier alpha value is -2.59. The highest BCUT2D eigenvalue weighted by Crippen LogP contribution is 2.24. The predicted molar refractivity (Wildman–Crippen MR) is 104 cm³/mol. The molecule has 1 N–H and O–H groups in total. The summed E-state index contributed by atoms with van der Waals surface area (Å²) >= 11 is 0. The van der Waals surface area contributed by atoms with E-state index in [-0.39, 0.29) is 16.7 Å². The van der Waals surface area contributed by atoms with Gasteiger partial charge in [0.1, 0.15) is 11.5 Å². The topological polar surface area (TPSA) is 86.3 Å². The molecule has 2 aromatic heterocycles. The van der Waals surface area contributed by atoms with Crippen LogP contribution in [0.5, 0.6) is 11.5 Å². The van der Waals surface area contributed by atoms with E-state index < -0.39 is 17.4 Å². The number of nitrogens with zero attached hydrogens (tertiary/aromatic N) is 2. The number of H-pyrrole nitrogens is 1. The molecule has 29 heavy (non-hydrogen) atoms. The first-order valence-electron chi connectivity index (χ1n) is 8.87. The number of hydrogen-bond acceptors (Lipinski definition) is 6. The number of benzene rings is 1. The van der Waals surface area contributed by atoms with Crippen molar-refractivity contribution < 1.29 is 27.2 Å². The van der Waals surface area contributed by atoms with Gasteiger partial charge in [-0.3, -0.25) is 9.19 Å². The van der Waals surface area contributed by atoms with E-state index in [2.05, 4.69) is 19.7 Å². The third-order valence-corrected chi connectivity index (χ3v) is 5.31. The Morgan fingerprint density at radius 3 is 2.83 bits per heavy atom. The van der Waals surface area contributed by atoms with Crippen LogP contribution in [0, 0.1) is 6.92 Å². The quantitative estimate of drug-likeness (QED) is 0.500. The van der Waals surface area contributed by atoms with E-state index in [1.54, 1.807) is 19.4 Å². The highest BCUT2D eigenvalue weighted by atomic mass is 32.2. The maximum absolute atomic E-state index is 12.8. The van der Waals surface area contributed by atoms with Gasteiger partial charge in [0.2, 0.25) is 0 Å². The highest BCUT2D eigenvalue weighted by Gasteiger charge is 2.16. The number of rotatable bonds is 10. The zero-order valence-electron chi connectivity index (χ0n) is 16.0. The molecule has 0 saturated heterocycles. The molecule has 10 heteroatoms. The molecule has 3 rings (SSSR count). The summed E-state index contributed by atoms with van der Waals surface area (Å²) < 4.78 is 52.6. The summed E-state index contributed by atoms with van der Waals surface area (Å²) in [5, 5.41) is 0.238. The molecule has 0 saturated carbocycles. The smallest absolute Gasteiger partial charge is 0.387 e. The van der Waals surface area contributed by atoms with Crippen LogP contribution in [0.2, 0.25) is 0 Å². The SMILES string of the molecule is COCCCOc1ccnc(CS(=O)c2nc3ccc(OC(F)F)cc3[nH]2)c1C. The van der Waals surface area contributed by atoms with Crippen LogP contribution in [-0.4, -0.2) is 46.1 Å². The molecule has 0 aliphatic heterocycles. The Balaban J connectivity index is 1.72. The van der Waals surface area contributed by atoms with Crippen LogP contribution < -0.4 is 9.47 Å². The molecule has 2 heterocycles. The van der Waals surface area contributed by atoms with Gasteiger partial charge in [-0.15, -0.1) is 0 Å². The third-order valence-electron chi connectivity index (χ3n) is 4.15. The average Bonchev–Trinajstić information content (AvgIpc) is 3.11. The third kappa shape index (κ3) is 5.48. The molecular formula is C19H21F2N3O4S. The maximum atomic E-state index is 12.8. The van der Waals surface area contributed by atoms with Crippen molar-refractivity contribution in [3.63, 3.8) is 0 Å². The molecule has 0 aliphatic carbocycles. The van der Waals surface area contributed by atoms with Crippen LogP contribution in [0.1, 0.15) is 17.7 Å². The molecule has 0 spiro atoms. The molecule has 1 aromatic carbocycles. The van der Waals surface area contributed by atoms with Crippen LogP contribution in [0.25, 0.3) is 11.0 Å². The number of fused-ring (bicyclic) bond motifs is 1. The molecule has 7 nitrogen and oxygen atoms in total. The lowest BCUT2D eigenvalue weighted by molar-refractivity contribution is -0.0497. The summed E-state index contributed by atoms with van der Waals surface area (Å²) in [6.07, 6.45) is 2.37. The first-order valence-corrected chi connectivity index (χ1v) is 10.2. The van der Waals surface area contributed by atoms with E-state index in [1.165, 1.54) is 18.2 Å². The lowest BCUT2D eigenvalue weighted by Crippen LogP contribution is -2.06. The molecular weight excluding hydrogens is 404 g/mol. The molecule has 0 amide bonds. The van der Waals surface area contributed by atoms with Crippen LogP contribution in [-0.2, 0) is 21.3 Å². The van der Waals surface area contributed by atoms with Gasteiger partial charge in [-0.1, -0.05) is 0 Å². The summed E-state index contributed by atoms with van der Waals surface area (Å²) in [6.45, 7) is 0.0601. The number of halogens is 2.